The average molecular weight is 399 g/mol. The predicted molar refractivity (Wildman–Crippen MR) is 109 cm³/mol. The first kappa shape index (κ1) is 26.1. The van der Waals surface area contributed by atoms with Gasteiger partial charge in [-0.15, -0.1) is 0 Å². The standard InChI is InChI=1S/C14H26O2.C8H12O4/c1-5-7-8-9-10-16-14(15)13(6-2)11-12(3)4;9-7(10)5-2-1-3-6(4-5)8(11)12/h11-12H,5-10H2,1-4H3;5-6H,1-4H2,(H,9,10)(H,11,12). The van der Waals surface area contributed by atoms with E-state index in [2.05, 4.69) is 20.8 Å². The maximum absolute atomic E-state index is 11.7. The van der Waals surface area contributed by atoms with Crippen LogP contribution in [0.5, 0.6) is 0 Å². The molecule has 0 radical (unpaired) electrons. The van der Waals surface area contributed by atoms with Gasteiger partial charge in [-0.05, 0) is 38.0 Å². The van der Waals surface area contributed by atoms with Crippen molar-refractivity contribution < 1.29 is 29.3 Å². The van der Waals surface area contributed by atoms with Crippen LogP contribution in [0.3, 0.4) is 0 Å². The van der Waals surface area contributed by atoms with Gasteiger partial charge in [0.2, 0.25) is 0 Å². The Morgan fingerprint density at radius 1 is 1.00 bits per heavy atom. The minimum atomic E-state index is -0.860. The van der Waals surface area contributed by atoms with E-state index in [1.54, 1.807) is 0 Å². The zero-order chi connectivity index (χ0) is 21.5. The summed E-state index contributed by atoms with van der Waals surface area (Å²) in [4.78, 5) is 32.7. The summed E-state index contributed by atoms with van der Waals surface area (Å²) in [5, 5.41) is 17.3. The topological polar surface area (TPSA) is 101 Å². The lowest BCUT2D eigenvalue weighted by atomic mass is 9.81. The molecule has 1 rings (SSSR count). The van der Waals surface area contributed by atoms with E-state index in [-0.39, 0.29) is 5.97 Å². The minimum absolute atomic E-state index is 0.132. The number of carboxylic acids is 2. The van der Waals surface area contributed by atoms with Crippen molar-refractivity contribution in [3.05, 3.63) is 11.6 Å². The molecule has 1 fully saturated rings. The molecule has 1 aliphatic carbocycles. The van der Waals surface area contributed by atoms with Gasteiger partial charge in [0, 0.05) is 5.57 Å². The van der Waals surface area contributed by atoms with E-state index >= 15 is 0 Å². The van der Waals surface area contributed by atoms with E-state index in [0.29, 0.717) is 38.2 Å². The number of rotatable bonds is 10. The first-order valence-electron chi connectivity index (χ1n) is 10.6. The maximum Gasteiger partial charge on any atom is 0.333 e. The molecule has 0 saturated heterocycles. The van der Waals surface area contributed by atoms with E-state index in [9.17, 15) is 14.4 Å². The summed E-state index contributed by atoms with van der Waals surface area (Å²) in [7, 11) is 0. The number of hydrogen-bond acceptors (Lipinski definition) is 4. The summed E-state index contributed by atoms with van der Waals surface area (Å²) in [6, 6.07) is 0. The number of carbonyl (C=O) groups is 3. The van der Waals surface area contributed by atoms with Crippen LogP contribution in [0.15, 0.2) is 11.6 Å². The number of unbranched alkanes of at least 4 members (excludes halogenated alkanes) is 3. The van der Waals surface area contributed by atoms with Gasteiger partial charge in [0.1, 0.15) is 0 Å². The number of aliphatic carboxylic acids is 2. The summed E-state index contributed by atoms with van der Waals surface area (Å²) in [6.45, 7) is 8.88. The van der Waals surface area contributed by atoms with Crippen molar-refractivity contribution in [1.29, 1.82) is 0 Å². The van der Waals surface area contributed by atoms with Gasteiger partial charge in [-0.3, -0.25) is 9.59 Å². The number of ether oxygens (including phenoxy) is 1. The van der Waals surface area contributed by atoms with Crippen molar-refractivity contribution >= 4 is 17.9 Å². The summed E-state index contributed by atoms with van der Waals surface area (Å²) < 4.78 is 5.24. The van der Waals surface area contributed by atoms with Crippen LogP contribution in [-0.2, 0) is 19.1 Å². The summed E-state index contributed by atoms with van der Waals surface area (Å²) >= 11 is 0. The Balaban J connectivity index is 0.000000540. The van der Waals surface area contributed by atoms with Crippen LogP contribution < -0.4 is 0 Å². The molecule has 1 aliphatic rings. The second kappa shape index (κ2) is 15.1. The molecule has 6 nitrogen and oxygen atoms in total. The molecule has 2 N–H and O–H groups in total. The van der Waals surface area contributed by atoms with Crippen molar-refractivity contribution in [2.24, 2.45) is 17.8 Å². The van der Waals surface area contributed by atoms with Gasteiger partial charge in [0.05, 0.1) is 18.4 Å². The minimum Gasteiger partial charge on any atom is -0.481 e. The second-order valence-electron chi connectivity index (χ2n) is 7.72. The van der Waals surface area contributed by atoms with Crippen molar-refractivity contribution in [2.75, 3.05) is 6.61 Å². The van der Waals surface area contributed by atoms with E-state index in [1.807, 2.05) is 13.0 Å². The molecule has 2 unspecified atom stereocenters. The Kier molecular flexibility index (Phi) is 14.1. The Bertz CT molecular complexity index is 489. The van der Waals surface area contributed by atoms with Crippen LogP contribution in [0, 0.1) is 17.8 Å². The quantitative estimate of drug-likeness (QED) is 0.303. The third-order valence-electron chi connectivity index (χ3n) is 4.78. The van der Waals surface area contributed by atoms with Crippen LogP contribution >= 0.6 is 0 Å². The molecule has 0 aliphatic heterocycles. The molecular formula is C22H38O6. The monoisotopic (exact) mass is 398 g/mol. The zero-order valence-corrected chi connectivity index (χ0v) is 17.9. The van der Waals surface area contributed by atoms with E-state index in [4.69, 9.17) is 14.9 Å². The molecule has 6 heteroatoms. The third-order valence-corrected chi connectivity index (χ3v) is 4.78. The van der Waals surface area contributed by atoms with Gasteiger partial charge >= 0.3 is 17.9 Å². The lowest BCUT2D eigenvalue weighted by Crippen LogP contribution is -2.26. The molecule has 2 atom stereocenters. The van der Waals surface area contributed by atoms with Crippen molar-refractivity contribution in [3.8, 4) is 0 Å². The average Bonchev–Trinajstić information content (AvgIpc) is 2.66. The molecule has 0 aromatic carbocycles. The molecule has 0 heterocycles. The van der Waals surface area contributed by atoms with Gasteiger partial charge in [0.25, 0.3) is 0 Å². The molecule has 0 aromatic rings. The fraction of sp³-hybridized carbons (Fsp3) is 0.773. The lowest BCUT2D eigenvalue weighted by molar-refractivity contribution is -0.148. The highest BCUT2D eigenvalue weighted by Crippen LogP contribution is 2.29. The smallest absolute Gasteiger partial charge is 0.333 e. The molecule has 0 bridgehead atoms. The molecule has 0 amide bonds. The second-order valence-corrected chi connectivity index (χ2v) is 7.72. The van der Waals surface area contributed by atoms with E-state index in [1.165, 1.54) is 12.8 Å². The van der Waals surface area contributed by atoms with Crippen molar-refractivity contribution in [1.82, 2.24) is 0 Å². The number of allylic oxidation sites excluding steroid dienone is 1. The third kappa shape index (κ3) is 11.8. The first-order valence-corrected chi connectivity index (χ1v) is 10.6. The largest absolute Gasteiger partial charge is 0.481 e. The van der Waals surface area contributed by atoms with Gasteiger partial charge in [-0.1, -0.05) is 59.5 Å². The van der Waals surface area contributed by atoms with Crippen LogP contribution in [-0.4, -0.2) is 34.7 Å². The molecule has 28 heavy (non-hydrogen) atoms. The fourth-order valence-electron chi connectivity index (χ4n) is 3.16. The normalized spacial score (nSPS) is 19.5. The van der Waals surface area contributed by atoms with Crippen LogP contribution in [0.4, 0.5) is 0 Å². The molecule has 162 valence electrons. The lowest BCUT2D eigenvalue weighted by Gasteiger charge is -2.23. The van der Waals surface area contributed by atoms with E-state index < -0.39 is 23.8 Å². The van der Waals surface area contributed by atoms with Crippen LogP contribution in [0.1, 0.15) is 85.5 Å². The van der Waals surface area contributed by atoms with Crippen molar-refractivity contribution in [3.63, 3.8) is 0 Å². The van der Waals surface area contributed by atoms with Gasteiger partial charge < -0.3 is 14.9 Å². The number of esters is 1. The summed E-state index contributed by atoms with van der Waals surface area (Å²) in [6.07, 6.45) is 9.58. The SMILES string of the molecule is CCCCCCOC(=O)C(=CC(C)C)CC.O=C(O)C1CCCC(C(=O)O)C1. The summed E-state index contributed by atoms with van der Waals surface area (Å²) in [5.41, 5.74) is 0.811. The highest BCUT2D eigenvalue weighted by molar-refractivity contribution is 5.88. The predicted octanol–water partition coefficient (Wildman–Crippen LogP) is 5.06. The van der Waals surface area contributed by atoms with Gasteiger partial charge in [-0.2, -0.15) is 0 Å². The Hall–Kier alpha value is -1.85. The van der Waals surface area contributed by atoms with Crippen molar-refractivity contribution in [2.45, 2.75) is 85.5 Å². The summed E-state index contributed by atoms with van der Waals surface area (Å²) in [5.74, 6) is -2.34. The van der Waals surface area contributed by atoms with Crippen LogP contribution in [0.2, 0.25) is 0 Å². The van der Waals surface area contributed by atoms with Gasteiger partial charge in [0.15, 0.2) is 0 Å². The number of hydrogen-bond donors (Lipinski definition) is 2. The Morgan fingerprint density at radius 2 is 1.57 bits per heavy atom. The van der Waals surface area contributed by atoms with Gasteiger partial charge in [-0.25, -0.2) is 4.79 Å². The molecule has 0 aromatic heterocycles. The highest BCUT2D eigenvalue weighted by Gasteiger charge is 2.30. The first-order chi connectivity index (χ1) is 13.2. The Morgan fingerprint density at radius 3 is 2.00 bits per heavy atom. The molecular weight excluding hydrogens is 360 g/mol. The molecule has 0 spiro atoms. The fourth-order valence-corrected chi connectivity index (χ4v) is 3.16. The maximum atomic E-state index is 11.7. The Labute approximate surface area is 169 Å². The molecule has 1 saturated carbocycles. The highest BCUT2D eigenvalue weighted by atomic mass is 16.5. The van der Waals surface area contributed by atoms with E-state index in [0.717, 1.165) is 24.8 Å². The van der Waals surface area contributed by atoms with Crippen LogP contribution in [0.25, 0.3) is 0 Å². The number of carbonyl (C=O) groups excluding carboxylic acids is 1. The zero-order valence-electron chi connectivity index (χ0n) is 17.9. The number of carboxylic acid groups (broad SMARTS) is 2.